The normalized spacial score (nSPS) is 10.6. The fourth-order valence-electron chi connectivity index (χ4n) is 1.71. The lowest BCUT2D eigenvalue weighted by Crippen LogP contribution is -2.00. The van der Waals surface area contributed by atoms with Crippen LogP contribution in [0.4, 0.5) is 5.69 Å². The van der Waals surface area contributed by atoms with Crippen molar-refractivity contribution in [3.05, 3.63) is 42.4 Å². The van der Waals surface area contributed by atoms with Gasteiger partial charge < -0.3 is 14.9 Å². The quantitative estimate of drug-likeness (QED) is 0.801. The van der Waals surface area contributed by atoms with Gasteiger partial charge in [0.15, 0.2) is 0 Å². The predicted octanol–water partition coefficient (Wildman–Crippen LogP) is 2.72. The molecule has 0 aliphatic rings. The Morgan fingerprint density at radius 2 is 2.19 bits per heavy atom. The van der Waals surface area contributed by atoms with E-state index < -0.39 is 0 Å². The summed E-state index contributed by atoms with van der Waals surface area (Å²) in [5.41, 5.74) is 10.1. The Bertz CT molecular complexity index is 449. The van der Waals surface area contributed by atoms with Gasteiger partial charge in [0.05, 0.1) is 19.1 Å². The Morgan fingerprint density at radius 3 is 2.88 bits per heavy atom. The van der Waals surface area contributed by atoms with Crippen molar-refractivity contribution in [3.63, 3.8) is 0 Å². The molecule has 0 fully saturated rings. The Balaban J connectivity index is 2.33. The average Bonchev–Trinajstić information content (AvgIpc) is 2.81. The highest BCUT2D eigenvalue weighted by Gasteiger charge is 2.07. The molecule has 1 aromatic heterocycles. The van der Waals surface area contributed by atoms with Gasteiger partial charge in [-0.3, -0.25) is 0 Å². The first-order chi connectivity index (χ1) is 7.83. The number of benzene rings is 1. The second-order valence-corrected chi connectivity index (χ2v) is 3.63. The lowest BCUT2D eigenvalue weighted by molar-refractivity contribution is 0.202. The molecule has 84 valence electrons. The number of hydrogen-bond donors (Lipinski definition) is 1. The largest absolute Gasteiger partial charge is 0.472 e. The van der Waals surface area contributed by atoms with Gasteiger partial charge in [0.1, 0.15) is 0 Å². The van der Waals surface area contributed by atoms with Crippen molar-refractivity contribution in [1.82, 2.24) is 0 Å². The van der Waals surface area contributed by atoms with E-state index in [1.165, 1.54) is 0 Å². The van der Waals surface area contributed by atoms with E-state index in [-0.39, 0.29) is 0 Å². The van der Waals surface area contributed by atoms with Crippen molar-refractivity contribution in [1.29, 1.82) is 0 Å². The molecule has 2 rings (SSSR count). The molecule has 1 heterocycles. The highest BCUT2D eigenvalue weighted by atomic mass is 16.5. The third kappa shape index (κ3) is 2.09. The van der Waals surface area contributed by atoms with E-state index in [9.17, 15) is 0 Å². The summed E-state index contributed by atoms with van der Waals surface area (Å²) in [6.45, 7) is 0.680. The molecule has 1 aromatic carbocycles. The average molecular weight is 217 g/mol. The van der Waals surface area contributed by atoms with Crippen LogP contribution in [0.1, 0.15) is 5.56 Å². The van der Waals surface area contributed by atoms with Gasteiger partial charge in [0, 0.05) is 23.9 Å². The summed E-state index contributed by atoms with van der Waals surface area (Å²) in [5.74, 6) is 0. The Hall–Kier alpha value is -1.74. The molecule has 0 radical (unpaired) electrons. The third-order valence-electron chi connectivity index (χ3n) is 2.60. The first kappa shape index (κ1) is 10.8. The minimum absolute atomic E-state index is 0.680. The van der Waals surface area contributed by atoms with Gasteiger partial charge in [-0.2, -0.15) is 0 Å². The SMILES string of the molecule is COCCc1cccc(-c2ccoc2)c1N. The summed E-state index contributed by atoms with van der Waals surface area (Å²) in [6, 6.07) is 7.93. The molecule has 2 N–H and O–H groups in total. The zero-order chi connectivity index (χ0) is 11.4. The second-order valence-electron chi connectivity index (χ2n) is 3.63. The van der Waals surface area contributed by atoms with Gasteiger partial charge in [0.25, 0.3) is 0 Å². The monoisotopic (exact) mass is 217 g/mol. The molecule has 0 aliphatic heterocycles. The Labute approximate surface area is 94.8 Å². The lowest BCUT2D eigenvalue weighted by Gasteiger charge is -2.09. The van der Waals surface area contributed by atoms with Crippen LogP contribution < -0.4 is 5.73 Å². The molecular formula is C13H15NO2. The van der Waals surface area contributed by atoms with E-state index in [2.05, 4.69) is 0 Å². The summed E-state index contributed by atoms with van der Waals surface area (Å²) in [5, 5.41) is 0. The van der Waals surface area contributed by atoms with E-state index in [4.69, 9.17) is 14.9 Å². The molecule has 0 saturated heterocycles. The maximum Gasteiger partial charge on any atom is 0.0981 e. The molecule has 2 aromatic rings. The van der Waals surface area contributed by atoms with Gasteiger partial charge >= 0.3 is 0 Å². The van der Waals surface area contributed by atoms with E-state index >= 15 is 0 Å². The molecule has 0 atom stereocenters. The molecule has 3 nitrogen and oxygen atoms in total. The van der Waals surface area contributed by atoms with Gasteiger partial charge in [-0.15, -0.1) is 0 Å². The van der Waals surface area contributed by atoms with Crippen LogP contribution in [0.3, 0.4) is 0 Å². The molecular weight excluding hydrogens is 202 g/mol. The number of ether oxygens (including phenoxy) is 1. The van der Waals surface area contributed by atoms with Crippen LogP contribution in [-0.2, 0) is 11.2 Å². The highest BCUT2D eigenvalue weighted by Crippen LogP contribution is 2.29. The summed E-state index contributed by atoms with van der Waals surface area (Å²) >= 11 is 0. The van der Waals surface area contributed by atoms with E-state index in [1.54, 1.807) is 19.6 Å². The standard InChI is InChI=1S/C13H15NO2/c1-15-7-5-10-3-2-4-12(13(10)14)11-6-8-16-9-11/h2-4,6,8-9H,5,7,14H2,1H3. The second kappa shape index (κ2) is 4.86. The van der Waals surface area contributed by atoms with E-state index in [1.807, 2.05) is 24.3 Å². The molecule has 0 amide bonds. The molecule has 0 saturated carbocycles. The van der Waals surface area contributed by atoms with Crippen molar-refractivity contribution < 1.29 is 9.15 Å². The summed E-state index contributed by atoms with van der Waals surface area (Å²) < 4.78 is 10.1. The number of methoxy groups -OCH3 is 1. The number of nitrogens with two attached hydrogens (primary N) is 1. The Morgan fingerprint density at radius 1 is 1.31 bits per heavy atom. The summed E-state index contributed by atoms with van der Waals surface area (Å²) in [4.78, 5) is 0. The number of hydrogen-bond acceptors (Lipinski definition) is 3. The zero-order valence-corrected chi connectivity index (χ0v) is 9.27. The highest BCUT2D eigenvalue weighted by molar-refractivity contribution is 5.77. The minimum Gasteiger partial charge on any atom is -0.472 e. The number of para-hydroxylation sites is 1. The molecule has 16 heavy (non-hydrogen) atoms. The summed E-state index contributed by atoms with van der Waals surface area (Å²) in [6.07, 6.45) is 4.18. The van der Waals surface area contributed by atoms with Gasteiger partial charge in [-0.25, -0.2) is 0 Å². The minimum atomic E-state index is 0.680. The van der Waals surface area contributed by atoms with Crippen molar-refractivity contribution in [3.8, 4) is 11.1 Å². The van der Waals surface area contributed by atoms with Crippen molar-refractivity contribution in [2.45, 2.75) is 6.42 Å². The predicted molar refractivity (Wildman–Crippen MR) is 64.1 cm³/mol. The van der Waals surface area contributed by atoms with Crippen molar-refractivity contribution in [2.24, 2.45) is 0 Å². The van der Waals surface area contributed by atoms with Gasteiger partial charge in [-0.05, 0) is 18.1 Å². The van der Waals surface area contributed by atoms with Crippen LogP contribution in [0.15, 0.2) is 41.2 Å². The molecule has 3 heteroatoms. The van der Waals surface area contributed by atoms with Crippen LogP contribution >= 0.6 is 0 Å². The third-order valence-corrected chi connectivity index (χ3v) is 2.60. The molecule has 0 aliphatic carbocycles. The van der Waals surface area contributed by atoms with Crippen LogP contribution in [-0.4, -0.2) is 13.7 Å². The summed E-state index contributed by atoms with van der Waals surface area (Å²) in [7, 11) is 1.69. The first-order valence-corrected chi connectivity index (χ1v) is 5.22. The Kier molecular flexibility index (Phi) is 3.27. The topological polar surface area (TPSA) is 48.4 Å². The van der Waals surface area contributed by atoms with Crippen LogP contribution in [0.25, 0.3) is 11.1 Å². The number of rotatable bonds is 4. The number of furan rings is 1. The maximum absolute atomic E-state index is 6.12. The maximum atomic E-state index is 6.12. The van der Waals surface area contributed by atoms with Gasteiger partial charge in [0.2, 0.25) is 0 Å². The molecule has 0 bridgehead atoms. The number of anilines is 1. The fraction of sp³-hybridized carbons (Fsp3) is 0.231. The van der Waals surface area contributed by atoms with Gasteiger partial charge in [-0.1, -0.05) is 18.2 Å². The van der Waals surface area contributed by atoms with Crippen LogP contribution in [0.2, 0.25) is 0 Å². The van der Waals surface area contributed by atoms with Crippen LogP contribution in [0.5, 0.6) is 0 Å². The first-order valence-electron chi connectivity index (χ1n) is 5.22. The smallest absolute Gasteiger partial charge is 0.0981 e. The van der Waals surface area contributed by atoms with Crippen molar-refractivity contribution in [2.75, 3.05) is 19.5 Å². The lowest BCUT2D eigenvalue weighted by atomic mass is 10.0. The van der Waals surface area contributed by atoms with E-state index in [0.717, 1.165) is 28.8 Å². The number of nitrogen functional groups attached to an aromatic ring is 1. The fourth-order valence-corrected chi connectivity index (χ4v) is 1.71. The van der Waals surface area contributed by atoms with E-state index in [0.29, 0.717) is 6.61 Å². The van der Waals surface area contributed by atoms with Crippen LogP contribution in [0, 0.1) is 0 Å². The zero-order valence-electron chi connectivity index (χ0n) is 9.27. The molecule has 0 unspecified atom stereocenters. The van der Waals surface area contributed by atoms with Crippen molar-refractivity contribution >= 4 is 5.69 Å². The molecule has 0 spiro atoms.